The van der Waals surface area contributed by atoms with E-state index in [1.54, 1.807) is 11.3 Å². The number of anilines is 1. The normalized spacial score (nSPS) is 10.1. The molecule has 62 valence electrons. The van der Waals surface area contributed by atoms with Crippen LogP contribution in [0.2, 0.25) is 0 Å². The number of rotatable bonds is 3. The summed E-state index contributed by atoms with van der Waals surface area (Å²) in [7, 11) is 0. The van der Waals surface area contributed by atoms with Gasteiger partial charge in [0.1, 0.15) is 0 Å². The number of hydrogen-bond acceptors (Lipinski definition) is 2. The van der Waals surface area contributed by atoms with Gasteiger partial charge in [0.25, 0.3) is 0 Å². The van der Waals surface area contributed by atoms with E-state index in [-0.39, 0.29) is 0 Å². The molecule has 0 bridgehead atoms. The minimum Gasteiger partial charge on any atom is -0.371 e. The van der Waals surface area contributed by atoms with Crippen LogP contribution in [0.5, 0.6) is 0 Å². The molecule has 0 amide bonds. The van der Waals surface area contributed by atoms with E-state index in [2.05, 4.69) is 46.1 Å². The predicted octanol–water partition coefficient (Wildman–Crippen LogP) is 3.36. The van der Waals surface area contributed by atoms with Crippen LogP contribution in [0.25, 0.3) is 0 Å². The van der Waals surface area contributed by atoms with Crippen LogP contribution in [-0.2, 0) is 0 Å². The van der Waals surface area contributed by atoms with Crippen molar-refractivity contribution in [2.24, 2.45) is 0 Å². The lowest BCUT2D eigenvalue weighted by Crippen LogP contribution is -2.20. The first kappa shape index (κ1) is 9.07. The van der Waals surface area contributed by atoms with Crippen molar-refractivity contribution in [1.29, 1.82) is 0 Å². The number of hydrogen-bond donors (Lipinski definition) is 0. The Morgan fingerprint density at radius 1 is 1.45 bits per heavy atom. The summed E-state index contributed by atoms with van der Waals surface area (Å²) >= 11 is 5.19. The van der Waals surface area contributed by atoms with Crippen LogP contribution in [0.4, 0.5) is 5.69 Å². The van der Waals surface area contributed by atoms with Gasteiger partial charge in [0, 0.05) is 24.2 Å². The zero-order valence-corrected chi connectivity index (χ0v) is 9.20. The molecule has 0 aliphatic carbocycles. The van der Waals surface area contributed by atoms with Gasteiger partial charge in [-0.25, -0.2) is 0 Å². The van der Waals surface area contributed by atoms with Crippen molar-refractivity contribution in [3.63, 3.8) is 0 Å². The molecule has 11 heavy (non-hydrogen) atoms. The molecule has 0 aromatic carbocycles. The van der Waals surface area contributed by atoms with Gasteiger partial charge in [-0.05, 0) is 35.8 Å². The Bertz CT molecular complexity index is 218. The topological polar surface area (TPSA) is 3.24 Å². The molecule has 0 saturated heterocycles. The third-order valence-corrected chi connectivity index (χ3v) is 3.17. The highest BCUT2D eigenvalue weighted by Crippen LogP contribution is 2.26. The summed E-state index contributed by atoms with van der Waals surface area (Å²) in [6, 6.07) is 2.16. The summed E-state index contributed by atoms with van der Waals surface area (Å²) in [5.74, 6) is 0. The number of nitrogens with zero attached hydrogens (tertiary/aromatic N) is 1. The Hall–Kier alpha value is -0.0200. The van der Waals surface area contributed by atoms with Gasteiger partial charge in [-0.15, -0.1) is 11.3 Å². The summed E-state index contributed by atoms with van der Waals surface area (Å²) in [5.41, 5.74) is 1.33. The van der Waals surface area contributed by atoms with Crippen molar-refractivity contribution in [1.82, 2.24) is 0 Å². The van der Waals surface area contributed by atoms with E-state index in [4.69, 9.17) is 0 Å². The van der Waals surface area contributed by atoms with Gasteiger partial charge in [0.15, 0.2) is 0 Å². The van der Waals surface area contributed by atoms with E-state index in [0.29, 0.717) is 0 Å². The number of halogens is 1. The van der Waals surface area contributed by atoms with Crippen LogP contribution in [0, 0.1) is 0 Å². The maximum atomic E-state index is 3.45. The van der Waals surface area contributed by atoms with E-state index >= 15 is 0 Å². The van der Waals surface area contributed by atoms with Gasteiger partial charge < -0.3 is 4.90 Å². The Balaban J connectivity index is 2.73. The molecule has 0 fully saturated rings. The lowest BCUT2D eigenvalue weighted by Gasteiger charge is -2.18. The highest BCUT2D eigenvalue weighted by molar-refractivity contribution is 9.11. The van der Waals surface area contributed by atoms with E-state index < -0.39 is 0 Å². The lowest BCUT2D eigenvalue weighted by molar-refractivity contribution is 0.869. The van der Waals surface area contributed by atoms with E-state index in [9.17, 15) is 0 Å². The molecule has 0 unspecified atom stereocenters. The Labute approximate surface area is 80.2 Å². The molecule has 1 heterocycles. The van der Waals surface area contributed by atoms with E-state index in [1.165, 1.54) is 9.47 Å². The molecular weight excluding hydrogens is 222 g/mol. The highest BCUT2D eigenvalue weighted by Gasteiger charge is 2.02. The molecule has 0 atom stereocenters. The standard InChI is InChI=1S/C8H12BrNS/c1-3-10(4-2)7-5-8(9)11-6-7/h5-6H,3-4H2,1-2H3. The third kappa shape index (κ3) is 2.20. The van der Waals surface area contributed by atoms with Gasteiger partial charge in [0.05, 0.1) is 3.79 Å². The van der Waals surface area contributed by atoms with Crippen molar-refractivity contribution in [2.75, 3.05) is 18.0 Å². The molecule has 0 N–H and O–H groups in total. The third-order valence-electron chi connectivity index (χ3n) is 1.68. The Morgan fingerprint density at radius 3 is 2.45 bits per heavy atom. The first-order chi connectivity index (χ1) is 5.27. The van der Waals surface area contributed by atoms with Crippen molar-refractivity contribution in [3.8, 4) is 0 Å². The van der Waals surface area contributed by atoms with Gasteiger partial charge in [0.2, 0.25) is 0 Å². The first-order valence-electron chi connectivity index (χ1n) is 3.77. The monoisotopic (exact) mass is 233 g/mol. The maximum Gasteiger partial charge on any atom is 0.0719 e. The van der Waals surface area contributed by atoms with Crippen LogP contribution in [0.1, 0.15) is 13.8 Å². The molecule has 0 aliphatic heterocycles. The first-order valence-corrected chi connectivity index (χ1v) is 5.44. The predicted molar refractivity (Wildman–Crippen MR) is 55.6 cm³/mol. The summed E-state index contributed by atoms with van der Waals surface area (Å²) in [4.78, 5) is 2.33. The van der Waals surface area contributed by atoms with E-state index in [0.717, 1.165) is 13.1 Å². The van der Waals surface area contributed by atoms with Crippen LogP contribution in [0.15, 0.2) is 15.2 Å². The van der Waals surface area contributed by atoms with Gasteiger partial charge >= 0.3 is 0 Å². The minimum absolute atomic E-state index is 1.08. The van der Waals surface area contributed by atoms with Crippen LogP contribution >= 0.6 is 27.3 Å². The zero-order chi connectivity index (χ0) is 8.27. The summed E-state index contributed by atoms with van der Waals surface area (Å²) < 4.78 is 1.21. The fraction of sp³-hybridized carbons (Fsp3) is 0.500. The van der Waals surface area contributed by atoms with Crippen LogP contribution in [0.3, 0.4) is 0 Å². The summed E-state index contributed by atoms with van der Waals surface area (Å²) in [5, 5.41) is 2.18. The van der Waals surface area contributed by atoms with Gasteiger partial charge in [-0.2, -0.15) is 0 Å². The van der Waals surface area contributed by atoms with Crippen molar-refractivity contribution in [3.05, 3.63) is 15.2 Å². The molecule has 0 aliphatic rings. The number of thiophene rings is 1. The highest BCUT2D eigenvalue weighted by atomic mass is 79.9. The Morgan fingerprint density at radius 2 is 2.09 bits per heavy atom. The zero-order valence-electron chi connectivity index (χ0n) is 6.80. The Kier molecular flexibility index (Phi) is 3.40. The van der Waals surface area contributed by atoms with E-state index in [1.807, 2.05) is 0 Å². The molecule has 1 aromatic heterocycles. The van der Waals surface area contributed by atoms with Crippen molar-refractivity contribution >= 4 is 33.0 Å². The molecule has 1 aromatic rings. The van der Waals surface area contributed by atoms with Crippen LogP contribution < -0.4 is 4.90 Å². The van der Waals surface area contributed by atoms with Gasteiger partial charge in [-0.1, -0.05) is 0 Å². The van der Waals surface area contributed by atoms with Crippen molar-refractivity contribution < 1.29 is 0 Å². The average Bonchev–Trinajstić information content (AvgIpc) is 2.39. The van der Waals surface area contributed by atoms with Gasteiger partial charge in [-0.3, -0.25) is 0 Å². The minimum atomic E-state index is 1.08. The summed E-state index contributed by atoms with van der Waals surface area (Å²) in [6.07, 6.45) is 0. The second-order valence-corrected chi connectivity index (χ2v) is 4.57. The lowest BCUT2D eigenvalue weighted by atomic mass is 10.4. The SMILES string of the molecule is CCN(CC)c1csc(Br)c1. The quantitative estimate of drug-likeness (QED) is 0.775. The fourth-order valence-electron chi connectivity index (χ4n) is 1.06. The van der Waals surface area contributed by atoms with Crippen molar-refractivity contribution in [2.45, 2.75) is 13.8 Å². The smallest absolute Gasteiger partial charge is 0.0719 e. The molecular formula is C8H12BrNS. The molecule has 3 heteroatoms. The molecule has 0 radical (unpaired) electrons. The molecule has 1 rings (SSSR count). The average molecular weight is 234 g/mol. The fourth-order valence-corrected chi connectivity index (χ4v) is 2.21. The maximum absolute atomic E-state index is 3.45. The molecule has 0 spiro atoms. The summed E-state index contributed by atoms with van der Waals surface area (Å²) in [6.45, 7) is 6.52. The largest absolute Gasteiger partial charge is 0.371 e. The molecule has 0 saturated carbocycles. The molecule has 1 nitrogen and oxygen atoms in total. The second-order valence-electron chi connectivity index (χ2n) is 2.28. The second kappa shape index (κ2) is 4.12. The van der Waals surface area contributed by atoms with Crippen LogP contribution in [-0.4, -0.2) is 13.1 Å².